The molecule has 2 amide bonds. The predicted molar refractivity (Wildman–Crippen MR) is 115 cm³/mol. The molecule has 1 aliphatic heterocycles. The molecule has 0 bridgehead atoms. The molecule has 146 valence electrons. The number of aryl methyl sites for hydroxylation is 2. The number of nitrogens with zero attached hydrogens (tertiary/aromatic N) is 3. The number of urea groups is 1. The van der Waals surface area contributed by atoms with Crippen molar-refractivity contribution in [3.8, 4) is 0 Å². The number of amides is 2. The van der Waals surface area contributed by atoms with Crippen molar-refractivity contribution in [1.82, 2.24) is 14.5 Å². The van der Waals surface area contributed by atoms with E-state index >= 15 is 0 Å². The summed E-state index contributed by atoms with van der Waals surface area (Å²) in [6.45, 7) is 4.76. The van der Waals surface area contributed by atoms with Gasteiger partial charge in [0.2, 0.25) is 0 Å². The molecule has 3 aromatic rings. The average Bonchev–Trinajstić information content (AvgIpc) is 2.83. The molecule has 7 nitrogen and oxygen atoms in total. The lowest BCUT2D eigenvalue weighted by Gasteiger charge is -2.08. The van der Waals surface area contributed by atoms with Crippen molar-refractivity contribution in [3.63, 3.8) is 0 Å². The van der Waals surface area contributed by atoms with Gasteiger partial charge in [-0.25, -0.2) is 14.8 Å². The first-order valence-electron chi connectivity index (χ1n) is 9.14. The van der Waals surface area contributed by atoms with Crippen molar-refractivity contribution >= 4 is 54.3 Å². The second-order valence-corrected chi connectivity index (χ2v) is 9.01. The Morgan fingerprint density at radius 2 is 2.14 bits per heavy atom. The molecule has 0 saturated heterocycles. The lowest BCUT2D eigenvalue weighted by atomic mass is 10.0. The maximum absolute atomic E-state index is 13.1. The molecule has 0 aliphatic carbocycles. The first-order chi connectivity index (χ1) is 13.4. The number of pyridine rings is 1. The van der Waals surface area contributed by atoms with Crippen LogP contribution in [0.1, 0.15) is 31.2 Å². The van der Waals surface area contributed by atoms with Gasteiger partial charge in [-0.05, 0) is 59.3 Å². The van der Waals surface area contributed by atoms with Gasteiger partial charge in [-0.2, -0.15) is 0 Å². The molecular weight excluding hydrogens is 442 g/mol. The van der Waals surface area contributed by atoms with Crippen molar-refractivity contribution in [3.05, 3.63) is 44.5 Å². The largest absolute Gasteiger partial charge is 0.325 e. The number of hydrogen-bond donors (Lipinski definition) is 2. The maximum atomic E-state index is 13.1. The maximum Gasteiger partial charge on any atom is 0.325 e. The third kappa shape index (κ3) is 3.68. The van der Waals surface area contributed by atoms with Crippen molar-refractivity contribution in [2.24, 2.45) is 5.92 Å². The summed E-state index contributed by atoms with van der Waals surface area (Å²) in [5.41, 5.74) is 0.745. The molecule has 1 aliphatic rings. The zero-order valence-corrected chi connectivity index (χ0v) is 18.0. The summed E-state index contributed by atoms with van der Waals surface area (Å²) in [6, 6.07) is 3.10. The van der Waals surface area contributed by atoms with Crippen LogP contribution in [-0.2, 0) is 13.0 Å². The van der Waals surface area contributed by atoms with Gasteiger partial charge in [-0.3, -0.25) is 20.0 Å². The summed E-state index contributed by atoms with van der Waals surface area (Å²) in [5, 5.41) is 6.75. The summed E-state index contributed by atoms with van der Waals surface area (Å²) in [7, 11) is 0. The lowest BCUT2D eigenvalue weighted by molar-refractivity contribution is 0.262. The fraction of sp³-hybridized carbons (Fsp3) is 0.368. The highest BCUT2D eigenvalue weighted by Crippen LogP contribution is 2.33. The molecule has 3 aromatic heterocycles. The van der Waals surface area contributed by atoms with E-state index in [9.17, 15) is 9.59 Å². The monoisotopic (exact) mass is 461 g/mol. The molecule has 0 fully saturated rings. The minimum atomic E-state index is -0.403. The van der Waals surface area contributed by atoms with Gasteiger partial charge >= 0.3 is 6.03 Å². The standard InChI is InChI=1S/C19H20BrN5O2S/c1-10-3-6-14-23-17-15(18(26)25(14)8-7-10)11(2)16(28-17)24-19(27)22-13-5-4-12(20)9-21-13/h4-5,9-10H,3,6-8H2,1-2H3,(H2,21,22,24,27). The molecular formula is C19H20BrN5O2S. The van der Waals surface area contributed by atoms with Gasteiger partial charge < -0.3 is 0 Å². The fourth-order valence-corrected chi connectivity index (χ4v) is 4.69. The Morgan fingerprint density at radius 3 is 2.89 bits per heavy atom. The number of anilines is 2. The molecule has 4 heterocycles. The summed E-state index contributed by atoms with van der Waals surface area (Å²) >= 11 is 4.65. The molecule has 4 rings (SSSR count). The number of rotatable bonds is 2. The minimum Gasteiger partial charge on any atom is -0.299 e. The van der Waals surface area contributed by atoms with Gasteiger partial charge in [0.25, 0.3) is 5.56 Å². The van der Waals surface area contributed by atoms with E-state index < -0.39 is 6.03 Å². The SMILES string of the molecule is Cc1c(NC(=O)Nc2ccc(Br)cn2)sc2nc3n(c(=O)c12)CCC(C)CC3. The Kier molecular flexibility index (Phi) is 5.20. The third-order valence-electron chi connectivity index (χ3n) is 5.03. The Bertz CT molecular complexity index is 1110. The van der Waals surface area contributed by atoms with Crippen LogP contribution in [0, 0.1) is 12.8 Å². The molecule has 0 radical (unpaired) electrons. The van der Waals surface area contributed by atoms with Crippen molar-refractivity contribution in [2.45, 2.75) is 39.7 Å². The van der Waals surface area contributed by atoms with Crippen LogP contribution in [0.2, 0.25) is 0 Å². The fourth-order valence-electron chi connectivity index (χ4n) is 3.37. The van der Waals surface area contributed by atoms with E-state index in [2.05, 4.69) is 38.5 Å². The number of carbonyl (C=O) groups excluding carboxylic acids is 1. The normalized spacial score (nSPS) is 16.5. The van der Waals surface area contributed by atoms with Crippen LogP contribution in [0.4, 0.5) is 15.6 Å². The van der Waals surface area contributed by atoms with Gasteiger partial charge in [0, 0.05) is 23.6 Å². The number of thiophene rings is 1. The van der Waals surface area contributed by atoms with Gasteiger partial charge in [0.15, 0.2) is 0 Å². The number of carbonyl (C=O) groups is 1. The summed E-state index contributed by atoms with van der Waals surface area (Å²) < 4.78 is 2.64. The molecule has 0 aromatic carbocycles. The zero-order chi connectivity index (χ0) is 19.8. The first kappa shape index (κ1) is 19.1. The van der Waals surface area contributed by atoms with Crippen molar-refractivity contribution in [2.75, 3.05) is 10.6 Å². The van der Waals surface area contributed by atoms with Gasteiger partial charge in [-0.15, -0.1) is 0 Å². The number of halogens is 1. The van der Waals surface area contributed by atoms with Crippen LogP contribution < -0.4 is 16.2 Å². The van der Waals surface area contributed by atoms with Gasteiger partial charge in [0.1, 0.15) is 21.5 Å². The second-order valence-electron chi connectivity index (χ2n) is 7.09. The number of aromatic nitrogens is 3. The van der Waals surface area contributed by atoms with E-state index in [0.717, 1.165) is 35.1 Å². The first-order valence-corrected chi connectivity index (χ1v) is 10.8. The van der Waals surface area contributed by atoms with E-state index in [1.54, 1.807) is 22.9 Å². The van der Waals surface area contributed by atoms with E-state index in [4.69, 9.17) is 4.98 Å². The summed E-state index contributed by atoms with van der Waals surface area (Å²) in [4.78, 5) is 35.0. The number of hydrogen-bond acceptors (Lipinski definition) is 5. The van der Waals surface area contributed by atoms with Crippen molar-refractivity contribution < 1.29 is 4.79 Å². The molecule has 0 saturated carbocycles. The van der Waals surface area contributed by atoms with Crippen LogP contribution in [0.15, 0.2) is 27.6 Å². The molecule has 1 unspecified atom stereocenters. The van der Waals surface area contributed by atoms with Gasteiger partial charge in [-0.1, -0.05) is 18.3 Å². The Labute approximate surface area is 174 Å². The van der Waals surface area contributed by atoms with Gasteiger partial charge in [0.05, 0.1) is 5.39 Å². The van der Waals surface area contributed by atoms with Crippen LogP contribution in [0.3, 0.4) is 0 Å². The highest BCUT2D eigenvalue weighted by Gasteiger charge is 2.21. The number of fused-ring (bicyclic) bond motifs is 2. The smallest absolute Gasteiger partial charge is 0.299 e. The molecule has 2 N–H and O–H groups in total. The van der Waals surface area contributed by atoms with Crippen LogP contribution in [0.25, 0.3) is 10.2 Å². The Morgan fingerprint density at radius 1 is 1.32 bits per heavy atom. The molecule has 1 atom stereocenters. The average molecular weight is 462 g/mol. The highest BCUT2D eigenvalue weighted by molar-refractivity contribution is 9.10. The van der Waals surface area contributed by atoms with E-state index in [1.807, 2.05) is 6.92 Å². The predicted octanol–water partition coefficient (Wildman–Crippen LogP) is 4.54. The molecule has 9 heteroatoms. The van der Waals surface area contributed by atoms with E-state index in [-0.39, 0.29) is 5.56 Å². The highest BCUT2D eigenvalue weighted by atomic mass is 79.9. The lowest BCUT2D eigenvalue weighted by Crippen LogP contribution is -2.24. The van der Waals surface area contributed by atoms with Crippen molar-refractivity contribution in [1.29, 1.82) is 0 Å². The van der Waals surface area contributed by atoms with E-state index in [1.165, 1.54) is 11.3 Å². The van der Waals surface area contributed by atoms with Crippen LogP contribution in [0.5, 0.6) is 0 Å². The Balaban J connectivity index is 1.63. The quantitative estimate of drug-likeness (QED) is 0.585. The van der Waals surface area contributed by atoms with Crippen LogP contribution >= 0.6 is 27.3 Å². The minimum absolute atomic E-state index is 0.00844. The second kappa shape index (κ2) is 7.63. The number of nitrogens with one attached hydrogen (secondary N) is 2. The molecule has 0 spiro atoms. The van der Waals surface area contributed by atoms with Crippen LogP contribution in [-0.4, -0.2) is 20.6 Å². The summed E-state index contributed by atoms with van der Waals surface area (Å²) in [6.07, 6.45) is 4.44. The summed E-state index contributed by atoms with van der Waals surface area (Å²) in [5.74, 6) is 1.88. The topological polar surface area (TPSA) is 88.9 Å². The molecule has 28 heavy (non-hydrogen) atoms. The Hall–Kier alpha value is -2.26. The third-order valence-corrected chi connectivity index (χ3v) is 6.60. The zero-order valence-electron chi connectivity index (χ0n) is 15.6. The van der Waals surface area contributed by atoms with E-state index in [0.29, 0.717) is 33.5 Å².